The summed E-state index contributed by atoms with van der Waals surface area (Å²) >= 11 is 1.44. The van der Waals surface area contributed by atoms with Crippen molar-refractivity contribution in [2.45, 2.75) is 37.9 Å². The van der Waals surface area contributed by atoms with E-state index >= 15 is 0 Å². The van der Waals surface area contributed by atoms with E-state index in [1.165, 1.54) is 30.2 Å². The molecule has 1 amide bonds. The molecule has 110 valence electrons. The molecule has 1 fully saturated rings. The van der Waals surface area contributed by atoms with Crippen molar-refractivity contribution in [2.75, 3.05) is 11.1 Å². The van der Waals surface area contributed by atoms with Gasteiger partial charge >= 0.3 is 0 Å². The van der Waals surface area contributed by atoms with Crippen molar-refractivity contribution in [1.29, 1.82) is 0 Å². The maximum absolute atomic E-state index is 12.0. The fraction of sp³-hybridized carbons (Fsp3) is 0.400. The number of amides is 1. The number of carbonyl (C=O) groups excluding carboxylic acids is 1. The molecule has 3 rings (SSSR count). The average molecular weight is 302 g/mol. The number of hydrogen-bond donors (Lipinski definition) is 1. The maximum Gasteiger partial charge on any atom is 0.234 e. The molecule has 1 aliphatic carbocycles. The zero-order valence-corrected chi connectivity index (χ0v) is 13.0. The van der Waals surface area contributed by atoms with Gasteiger partial charge in [0.1, 0.15) is 5.82 Å². The number of anilines is 1. The monoisotopic (exact) mass is 302 g/mol. The third-order valence-corrected chi connectivity index (χ3v) is 4.36. The van der Waals surface area contributed by atoms with Gasteiger partial charge in [-0.1, -0.05) is 29.5 Å². The summed E-state index contributed by atoms with van der Waals surface area (Å²) in [6.45, 7) is 3.98. The quantitative estimate of drug-likeness (QED) is 0.863. The number of nitrogens with zero attached hydrogens (tertiary/aromatic N) is 3. The van der Waals surface area contributed by atoms with Crippen LogP contribution in [0.1, 0.15) is 30.3 Å². The average Bonchev–Trinajstić information content (AvgIpc) is 3.23. The van der Waals surface area contributed by atoms with Gasteiger partial charge in [-0.05, 0) is 38.8 Å². The summed E-state index contributed by atoms with van der Waals surface area (Å²) in [5.41, 5.74) is 2.00. The van der Waals surface area contributed by atoms with Crippen molar-refractivity contribution in [2.24, 2.45) is 0 Å². The summed E-state index contributed by atoms with van der Waals surface area (Å²) in [6, 6.07) is 8.32. The second-order valence-corrected chi connectivity index (χ2v) is 6.28. The molecule has 1 N–H and O–H groups in total. The lowest BCUT2D eigenvalue weighted by Crippen LogP contribution is -2.14. The highest BCUT2D eigenvalue weighted by atomic mass is 32.2. The first-order valence-corrected chi connectivity index (χ1v) is 8.03. The van der Waals surface area contributed by atoms with Crippen LogP contribution in [0.4, 0.5) is 5.69 Å². The van der Waals surface area contributed by atoms with Crippen LogP contribution in [0.2, 0.25) is 0 Å². The van der Waals surface area contributed by atoms with Crippen LogP contribution in [-0.4, -0.2) is 26.4 Å². The Kier molecular flexibility index (Phi) is 3.96. The molecule has 0 saturated heterocycles. The Balaban J connectivity index is 1.57. The lowest BCUT2D eigenvalue weighted by atomic mass is 10.2. The van der Waals surface area contributed by atoms with Crippen LogP contribution < -0.4 is 5.32 Å². The van der Waals surface area contributed by atoms with E-state index in [9.17, 15) is 4.79 Å². The van der Waals surface area contributed by atoms with Crippen molar-refractivity contribution in [1.82, 2.24) is 14.8 Å². The minimum Gasteiger partial charge on any atom is -0.325 e. The number of carbonyl (C=O) groups is 1. The molecule has 0 aliphatic heterocycles. The number of benzene rings is 1. The van der Waals surface area contributed by atoms with Gasteiger partial charge in [-0.3, -0.25) is 4.79 Å². The number of aromatic nitrogens is 3. The van der Waals surface area contributed by atoms with E-state index in [0.29, 0.717) is 11.8 Å². The van der Waals surface area contributed by atoms with Gasteiger partial charge < -0.3 is 9.88 Å². The molecule has 1 heterocycles. The second kappa shape index (κ2) is 5.89. The molecule has 1 aliphatic rings. The maximum atomic E-state index is 12.0. The summed E-state index contributed by atoms with van der Waals surface area (Å²) in [4.78, 5) is 12.0. The fourth-order valence-corrected chi connectivity index (χ4v) is 3.02. The molecule has 2 aromatic rings. The zero-order valence-electron chi connectivity index (χ0n) is 12.2. The highest BCUT2D eigenvalue weighted by Crippen LogP contribution is 2.38. The molecule has 0 unspecified atom stereocenters. The van der Waals surface area contributed by atoms with E-state index in [1.54, 1.807) is 0 Å². The van der Waals surface area contributed by atoms with Crippen LogP contribution >= 0.6 is 11.8 Å². The Bertz CT molecular complexity index is 646. The minimum absolute atomic E-state index is 0.0214. The van der Waals surface area contributed by atoms with Crippen molar-refractivity contribution >= 4 is 23.4 Å². The van der Waals surface area contributed by atoms with E-state index in [0.717, 1.165) is 16.7 Å². The highest BCUT2D eigenvalue weighted by Gasteiger charge is 2.28. The number of rotatable bonds is 5. The molecular formula is C15H18N4OS. The first-order valence-electron chi connectivity index (χ1n) is 7.04. The van der Waals surface area contributed by atoms with Gasteiger partial charge in [-0.2, -0.15) is 0 Å². The van der Waals surface area contributed by atoms with Crippen molar-refractivity contribution in [3.05, 3.63) is 35.7 Å². The Labute approximate surface area is 128 Å². The van der Waals surface area contributed by atoms with Gasteiger partial charge in [0.05, 0.1) is 5.75 Å². The molecule has 1 aromatic carbocycles. The highest BCUT2D eigenvalue weighted by molar-refractivity contribution is 7.99. The lowest BCUT2D eigenvalue weighted by molar-refractivity contribution is -0.113. The first kappa shape index (κ1) is 14.1. The number of thioether (sulfide) groups is 1. The smallest absolute Gasteiger partial charge is 0.234 e. The molecular weight excluding hydrogens is 284 g/mol. The Morgan fingerprint density at radius 2 is 2.00 bits per heavy atom. The van der Waals surface area contributed by atoms with Crippen LogP contribution in [0.3, 0.4) is 0 Å². The topological polar surface area (TPSA) is 59.8 Å². The van der Waals surface area contributed by atoms with Gasteiger partial charge in [0.25, 0.3) is 0 Å². The molecule has 21 heavy (non-hydrogen) atoms. The van der Waals surface area contributed by atoms with Gasteiger partial charge in [0, 0.05) is 11.7 Å². The summed E-state index contributed by atoms with van der Waals surface area (Å²) in [5, 5.41) is 12.0. The standard InChI is InChI=1S/C15H18N4OS/c1-10-3-5-12(6-4-10)16-14(20)9-21-15-18-17-11(2)19(15)13-7-8-13/h3-6,13H,7-9H2,1-2H3,(H,16,20). The van der Waals surface area contributed by atoms with Crippen LogP contribution in [0, 0.1) is 13.8 Å². The van der Waals surface area contributed by atoms with Gasteiger partial charge in [0.15, 0.2) is 5.16 Å². The van der Waals surface area contributed by atoms with Crippen molar-refractivity contribution < 1.29 is 4.79 Å². The van der Waals surface area contributed by atoms with Crippen molar-refractivity contribution in [3.63, 3.8) is 0 Å². The van der Waals surface area contributed by atoms with Gasteiger partial charge in [-0.15, -0.1) is 10.2 Å². The third-order valence-electron chi connectivity index (χ3n) is 3.41. The molecule has 5 nitrogen and oxygen atoms in total. The lowest BCUT2D eigenvalue weighted by Gasteiger charge is -2.07. The Hall–Kier alpha value is -1.82. The Morgan fingerprint density at radius 1 is 1.29 bits per heavy atom. The molecule has 0 atom stereocenters. The SMILES string of the molecule is Cc1ccc(NC(=O)CSc2nnc(C)n2C2CC2)cc1. The van der Waals surface area contributed by atoms with E-state index in [-0.39, 0.29) is 5.91 Å². The minimum atomic E-state index is -0.0214. The zero-order chi connectivity index (χ0) is 14.8. The number of hydrogen-bond acceptors (Lipinski definition) is 4. The first-order chi connectivity index (χ1) is 10.1. The van der Waals surface area contributed by atoms with Crippen molar-refractivity contribution in [3.8, 4) is 0 Å². The second-order valence-electron chi connectivity index (χ2n) is 5.33. The summed E-state index contributed by atoms with van der Waals surface area (Å²) in [5.74, 6) is 1.25. The van der Waals surface area contributed by atoms with Gasteiger partial charge in [-0.25, -0.2) is 0 Å². The van der Waals surface area contributed by atoms with Crippen LogP contribution in [0.15, 0.2) is 29.4 Å². The molecule has 6 heteroatoms. The number of aryl methyl sites for hydroxylation is 2. The largest absolute Gasteiger partial charge is 0.325 e. The molecule has 1 saturated carbocycles. The van der Waals surface area contributed by atoms with Crippen LogP contribution in [0.5, 0.6) is 0 Å². The fourth-order valence-electron chi connectivity index (χ4n) is 2.17. The predicted octanol–water partition coefficient (Wildman–Crippen LogP) is 2.96. The number of nitrogens with one attached hydrogen (secondary N) is 1. The van der Waals surface area contributed by atoms with Crippen LogP contribution in [-0.2, 0) is 4.79 Å². The van der Waals surface area contributed by atoms with E-state index < -0.39 is 0 Å². The predicted molar refractivity (Wildman–Crippen MR) is 83.6 cm³/mol. The summed E-state index contributed by atoms with van der Waals surface area (Å²) in [6.07, 6.45) is 2.37. The van der Waals surface area contributed by atoms with Gasteiger partial charge in [0.2, 0.25) is 5.91 Å². The normalized spacial score (nSPS) is 14.2. The molecule has 0 radical (unpaired) electrons. The van der Waals surface area contributed by atoms with Crippen LogP contribution in [0.25, 0.3) is 0 Å². The third kappa shape index (κ3) is 3.44. The summed E-state index contributed by atoms with van der Waals surface area (Å²) < 4.78 is 2.14. The summed E-state index contributed by atoms with van der Waals surface area (Å²) in [7, 11) is 0. The van der Waals surface area contributed by atoms with E-state index in [4.69, 9.17) is 0 Å². The molecule has 0 spiro atoms. The molecule has 1 aromatic heterocycles. The molecule has 0 bridgehead atoms. The van der Waals surface area contributed by atoms with E-state index in [1.807, 2.05) is 38.1 Å². The van der Waals surface area contributed by atoms with E-state index in [2.05, 4.69) is 20.1 Å². The Morgan fingerprint density at radius 3 is 2.67 bits per heavy atom.